The normalized spacial score (nSPS) is 26.7. The number of pyridine rings is 1. The molecule has 1 aromatic heterocycles. The smallest absolute Gasteiger partial charge is 0.251 e. The molecule has 5 heteroatoms. The van der Waals surface area contributed by atoms with E-state index in [4.69, 9.17) is 0 Å². The second-order valence-electron chi connectivity index (χ2n) is 8.58. The Kier molecular flexibility index (Phi) is 4.12. The van der Waals surface area contributed by atoms with E-state index in [1.54, 1.807) is 0 Å². The number of alkyl halides is 2. The number of nitrogens with one attached hydrogen (secondary N) is 1. The molecule has 5 rings (SSSR count). The van der Waals surface area contributed by atoms with Gasteiger partial charge in [-0.25, -0.2) is 8.78 Å². The summed E-state index contributed by atoms with van der Waals surface area (Å²) >= 11 is 0. The van der Waals surface area contributed by atoms with Crippen LogP contribution in [0.2, 0.25) is 0 Å². The molecule has 2 heterocycles. The maximum Gasteiger partial charge on any atom is 0.251 e. The van der Waals surface area contributed by atoms with E-state index in [0.717, 1.165) is 56.3 Å². The van der Waals surface area contributed by atoms with E-state index in [1.807, 2.05) is 0 Å². The zero-order valence-electron chi connectivity index (χ0n) is 15.6. The van der Waals surface area contributed by atoms with Crippen LogP contribution in [0.1, 0.15) is 54.5 Å². The third-order valence-corrected chi connectivity index (χ3v) is 6.89. The average molecular weight is 372 g/mol. The molecule has 1 fully saturated rings. The number of nitrogens with zero attached hydrogens (tertiary/aromatic N) is 1. The molecule has 0 spiro atoms. The van der Waals surface area contributed by atoms with E-state index in [2.05, 4.69) is 22.0 Å². The second kappa shape index (κ2) is 6.40. The summed E-state index contributed by atoms with van der Waals surface area (Å²) in [6.45, 7) is 1.81. The van der Waals surface area contributed by atoms with Crippen LogP contribution in [0.4, 0.5) is 8.78 Å². The Hall–Kier alpha value is -1.75. The highest BCUT2D eigenvalue weighted by Gasteiger charge is 2.37. The van der Waals surface area contributed by atoms with Gasteiger partial charge in [0.25, 0.3) is 11.5 Å². The summed E-state index contributed by atoms with van der Waals surface area (Å²) in [4.78, 5) is 17.9. The van der Waals surface area contributed by atoms with E-state index in [1.165, 1.54) is 22.3 Å². The van der Waals surface area contributed by atoms with Crippen molar-refractivity contribution in [2.45, 2.75) is 57.3 Å². The summed E-state index contributed by atoms with van der Waals surface area (Å²) in [6.07, 6.45) is 10.3. The molecular formula is C22H26F2N2O. The lowest BCUT2D eigenvalue weighted by atomic mass is 9.85. The molecule has 144 valence electrons. The minimum absolute atomic E-state index is 0.0253. The van der Waals surface area contributed by atoms with Crippen LogP contribution < -0.4 is 5.56 Å². The highest BCUT2D eigenvalue weighted by atomic mass is 19.3. The van der Waals surface area contributed by atoms with Crippen molar-refractivity contribution in [3.8, 4) is 0 Å². The molecule has 4 aliphatic rings. The molecule has 1 unspecified atom stereocenters. The summed E-state index contributed by atoms with van der Waals surface area (Å²) in [7, 11) is 0. The van der Waals surface area contributed by atoms with Gasteiger partial charge >= 0.3 is 0 Å². The van der Waals surface area contributed by atoms with E-state index < -0.39 is 5.92 Å². The first-order valence-electron chi connectivity index (χ1n) is 10.3. The van der Waals surface area contributed by atoms with E-state index in [9.17, 15) is 13.6 Å². The fourth-order valence-electron chi connectivity index (χ4n) is 5.38. The van der Waals surface area contributed by atoms with Gasteiger partial charge in [0.15, 0.2) is 0 Å². The topological polar surface area (TPSA) is 36.1 Å². The van der Waals surface area contributed by atoms with Gasteiger partial charge in [-0.1, -0.05) is 17.7 Å². The maximum atomic E-state index is 13.5. The Balaban J connectivity index is 1.42. The Morgan fingerprint density at radius 3 is 2.63 bits per heavy atom. The molecule has 1 saturated heterocycles. The summed E-state index contributed by atoms with van der Waals surface area (Å²) in [5, 5.41) is 0. The van der Waals surface area contributed by atoms with Gasteiger partial charge in [0.05, 0.1) is 5.69 Å². The quantitative estimate of drug-likeness (QED) is 0.856. The number of hydrogen-bond donors (Lipinski definition) is 1. The molecule has 1 N–H and O–H groups in total. The van der Waals surface area contributed by atoms with Crippen LogP contribution in [-0.2, 0) is 19.3 Å². The van der Waals surface area contributed by atoms with Crippen LogP contribution in [0, 0.1) is 5.92 Å². The third kappa shape index (κ3) is 3.00. The van der Waals surface area contributed by atoms with Crippen molar-refractivity contribution in [3.63, 3.8) is 0 Å². The molecule has 1 aromatic rings. The van der Waals surface area contributed by atoms with Crippen LogP contribution in [0.3, 0.4) is 0 Å². The lowest BCUT2D eigenvalue weighted by molar-refractivity contribution is -0.0566. The van der Waals surface area contributed by atoms with Crippen LogP contribution in [0.25, 0.3) is 5.57 Å². The lowest BCUT2D eigenvalue weighted by Gasteiger charge is -2.35. The molecule has 3 aliphatic carbocycles. The zero-order valence-corrected chi connectivity index (χ0v) is 15.6. The summed E-state index contributed by atoms with van der Waals surface area (Å²) < 4.78 is 26.9. The van der Waals surface area contributed by atoms with Crippen LogP contribution >= 0.6 is 0 Å². The fraction of sp³-hybridized carbons (Fsp3) is 0.591. The van der Waals surface area contributed by atoms with Crippen molar-refractivity contribution in [3.05, 3.63) is 50.5 Å². The molecule has 0 aromatic carbocycles. The number of likely N-dealkylation sites (tertiary alicyclic amines) is 1. The van der Waals surface area contributed by atoms with Crippen LogP contribution in [-0.4, -0.2) is 35.4 Å². The number of aromatic nitrogens is 1. The number of allylic oxidation sites excluding steroid dienone is 3. The fourth-order valence-corrected chi connectivity index (χ4v) is 5.38. The van der Waals surface area contributed by atoms with Crippen molar-refractivity contribution in [2.75, 3.05) is 19.6 Å². The van der Waals surface area contributed by atoms with Crippen molar-refractivity contribution in [1.29, 1.82) is 0 Å². The van der Waals surface area contributed by atoms with Gasteiger partial charge < -0.3 is 9.88 Å². The molecular weight excluding hydrogens is 346 g/mol. The summed E-state index contributed by atoms with van der Waals surface area (Å²) in [6, 6.07) is 0. The van der Waals surface area contributed by atoms with Crippen molar-refractivity contribution in [2.24, 2.45) is 5.92 Å². The summed E-state index contributed by atoms with van der Waals surface area (Å²) in [5.74, 6) is -2.12. The SMILES string of the molecule is O=c1[nH]c2c(c3c1CCCC3)CC1=C2C=CCC1CN1CCC(F)(F)CC1. The van der Waals surface area contributed by atoms with Gasteiger partial charge in [-0.3, -0.25) is 4.79 Å². The van der Waals surface area contributed by atoms with Gasteiger partial charge in [0.2, 0.25) is 0 Å². The van der Waals surface area contributed by atoms with Gasteiger partial charge in [0.1, 0.15) is 0 Å². The van der Waals surface area contributed by atoms with Crippen LogP contribution in [0.15, 0.2) is 22.5 Å². The Bertz CT molecular complexity index is 886. The maximum absolute atomic E-state index is 13.5. The number of aromatic amines is 1. The molecule has 0 amide bonds. The van der Waals surface area contributed by atoms with E-state index in [-0.39, 0.29) is 18.4 Å². The highest BCUT2D eigenvalue weighted by Crippen LogP contribution is 2.43. The molecule has 27 heavy (non-hydrogen) atoms. The average Bonchev–Trinajstić information content (AvgIpc) is 3.04. The van der Waals surface area contributed by atoms with Gasteiger partial charge in [-0.15, -0.1) is 0 Å². The molecule has 1 aliphatic heterocycles. The highest BCUT2D eigenvalue weighted by molar-refractivity contribution is 5.83. The number of H-pyrrole nitrogens is 1. The van der Waals surface area contributed by atoms with Gasteiger partial charge in [0, 0.05) is 38.0 Å². The molecule has 3 nitrogen and oxygen atoms in total. The zero-order chi connectivity index (χ0) is 18.6. The Morgan fingerprint density at radius 1 is 1.11 bits per heavy atom. The monoisotopic (exact) mass is 372 g/mol. The second-order valence-corrected chi connectivity index (χ2v) is 8.58. The number of hydrogen-bond acceptors (Lipinski definition) is 2. The standard InChI is InChI=1S/C22H26F2N2O/c23-22(24)8-10-26(11-9-22)13-14-4-3-7-16-18(14)12-19-15-5-1-2-6-17(15)21(27)25-20(16)19/h3,7,14H,1-2,4-6,8-13H2,(H,25,27). The lowest BCUT2D eigenvalue weighted by Crippen LogP contribution is -2.42. The Morgan fingerprint density at radius 2 is 1.85 bits per heavy atom. The molecule has 0 bridgehead atoms. The number of rotatable bonds is 2. The molecule has 1 atom stereocenters. The number of fused-ring (bicyclic) bond motifs is 4. The first-order valence-corrected chi connectivity index (χ1v) is 10.3. The van der Waals surface area contributed by atoms with Gasteiger partial charge in [-0.05, 0) is 61.1 Å². The van der Waals surface area contributed by atoms with Gasteiger partial charge in [-0.2, -0.15) is 0 Å². The largest absolute Gasteiger partial charge is 0.321 e. The number of piperidine rings is 1. The predicted octanol–water partition coefficient (Wildman–Crippen LogP) is 3.87. The van der Waals surface area contributed by atoms with Crippen LogP contribution in [0.5, 0.6) is 0 Å². The van der Waals surface area contributed by atoms with E-state index in [0.29, 0.717) is 19.0 Å². The van der Waals surface area contributed by atoms with Crippen molar-refractivity contribution >= 4 is 5.57 Å². The first kappa shape index (κ1) is 17.4. The van der Waals surface area contributed by atoms with Crippen molar-refractivity contribution < 1.29 is 8.78 Å². The third-order valence-electron chi connectivity index (χ3n) is 6.89. The first-order chi connectivity index (χ1) is 13.0. The summed E-state index contributed by atoms with van der Waals surface area (Å²) in [5.41, 5.74) is 7.33. The minimum Gasteiger partial charge on any atom is -0.321 e. The van der Waals surface area contributed by atoms with E-state index >= 15 is 0 Å². The van der Waals surface area contributed by atoms with Crippen molar-refractivity contribution in [1.82, 2.24) is 9.88 Å². The minimum atomic E-state index is -2.49. The molecule has 0 radical (unpaired) electrons. The molecule has 0 saturated carbocycles. The number of halogens is 2. The Labute approximate surface area is 158 Å². The predicted molar refractivity (Wildman–Crippen MR) is 102 cm³/mol.